The molecule has 0 bridgehead atoms. The summed E-state index contributed by atoms with van der Waals surface area (Å²) in [6, 6.07) is 17.7. The van der Waals surface area contributed by atoms with Crippen molar-refractivity contribution in [2.24, 2.45) is 5.10 Å². The molecule has 0 aliphatic heterocycles. The monoisotopic (exact) mass is 357 g/mol. The minimum absolute atomic E-state index is 0.323. The normalized spacial score (nSPS) is 11.3. The van der Waals surface area contributed by atoms with Crippen LogP contribution in [0.2, 0.25) is 0 Å². The first kappa shape index (κ1) is 16.8. The van der Waals surface area contributed by atoms with Gasteiger partial charge in [0.05, 0.1) is 11.9 Å². The van der Waals surface area contributed by atoms with Gasteiger partial charge in [-0.15, -0.1) is 0 Å². The average Bonchev–Trinajstić information content (AvgIpc) is 3.22. The molecule has 1 amide bonds. The van der Waals surface area contributed by atoms with E-state index >= 15 is 0 Å². The van der Waals surface area contributed by atoms with E-state index in [4.69, 9.17) is 0 Å². The number of nitrogens with zero attached hydrogens (tertiary/aromatic N) is 2. The number of aromatic amines is 2. The highest BCUT2D eigenvalue weighted by Crippen LogP contribution is 2.23. The Kier molecular flexibility index (Phi) is 4.30. The smallest absolute Gasteiger partial charge is 0.289 e. The lowest BCUT2D eigenvalue weighted by Gasteiger charge is -2.00. The molecule has 0 aliphatic rings. The highest BCUT2D eigenvalue weighted by Gasteiger charge is 2.16. The van der Waals surface area contributed by atoms with E-state index in [0.29, 0.717) is 5.69 Å². The summed E-state index contributed by atoms with van der Waals surface area (Å²) in [4.78, 5) is 15.8. The van der Waals surface area contributed by atoms with Crippen molar-refractivity contribution in [3.63, 3.8) is 0 Å². The van der Waals surface area contributed by atoms with E-state index in [1.165, 1.54) is 0 Å². The van der Waals surface area contributed by atoms with Crippen LogP contribution < -0.4 is 5.43 Å². The Bertz CT molecular complexity index is 1140. The summed E-state index contributed by atoms with van der Waals surface area (Å²) >= 11 is 0. The molecule has 2 heterocycles. The summed E-state index contributed by atoms with van der Waals surface area (Å²) < 4.78 is 0. The maximum atomic E-state index is 12.5. The third-order valence-electron chi connectivity index (χ3n) is 4.59. The number of aryl methyl sites for hydroxylation is 1. The van der Waals surface area contributed by atoms with Crippen molar-refractivity contribution in [2.45, 2.75) is 13.8 Å². The third kappa shape index (κ3) is 3.13. The standard InChI is InChI=1S/C21H19N5O/c1-13-19(15-8-4-3-5-9-15)24-25-20(13)21(27)26-22-12-17-14(2)23-18-11-7-6-10-16(17)18/h3-12,23H,1-2H3,(H,24,25)(H,26,27). The zero-order valence-corrected chi connectivity index (χ0v) is 15.1. The van der Waals surface area contributed by atoms with Gasteiger partial charge >= 0.3 is 0 Å². The average molecular weight is 357 g/mol. The summed E-state index contributed by atoms with van der Waals surface area (Å²) in [5, 5.41) is 12.3. The molecule has 0 saturated carbocycles. The number of carbonyl (C=O) groups is 1. The van der Waals surface area contributed by atoms with E-state index in [1.807, 2.05) is 68.4 Å². The van der Waals surface area contributed by atoms with Gasteiger partial charge in [0.25, 0.3) is 5.91 Å². The first-order valence-corrected chi connectivity index (χ1v) is 8.66. The topological polar surface area (TPSA) is 85.9 Å². The van der Waals surface area contributed by atoms with Crippen molar-refractivity contribution in [2.75, 3.05) is 0 Å². The molecular formula is C21H19N5O. The lowest BCUT2D eigenvalue weighted by molar-refractivity contribution is 0.0949. The molecular weight excluding hydrogens is 338 g/mol. The molecule has 27 heavy (non-hydrogen) atoms. The number of para-hydroxylation sites is 1. The number of H-pyrrole nitrogens is 2. The summed E-state index contributed by atoms with van der Waals surface area (Å²) in [5.41, 5.74) is 8.49. The van der Waals surface area contributed by atoms with Gasteiger partial charge < -0.3 is 4.98 Å². The molecule has 2 aromatic carbocycles. The van der Waals surface area contributed by atoms with Crippen LogP contribution in [0.25, 0.3) is 22.2 Å². The predicted octanol–water partition coefficient (Wildman–Crippen LogP) is 3.94. The van der Waals surface area contributed by atoms with Crippen molar-refractivity contribution >= 4 is 23.0 Å². The molecule has 6 nitrogen and oxygen atoms in total. The molecule has 0 unspecified atom stereocenters. The summed E-state index contributed by atoms with van der Waals surface area (Å²) in [6.45, 7) is 3.85. The number of aromatic nitrogens is 3. The molecule has 4 aromatic rings. The highest BCUT2D eigenvalue weighted by atomic mass is 16.2. The number of nitrogens with one attached hydrogen (secondary N) is 3. The zero-order valence-electron chi connectivity index (χ0n) is 15.1. The van der Waals surface area contributed by atoms with Crippen molar-refractivity contribution < 1.29 is 4.79 Å². The van der Waals surface area contributed by atoms with Crippen LogP contribution in [-0.2, 0) is 0 Å². The largest absolute Gasteiger partial charge is 0.358 e. The lowest BCUT2D eigenvalue weighted by atomic mass is 10.1. The predicted molar refractivity (Wildman–Crippen MR) is 107 cm³/mol. The number of carbonyl (C=O) groups excluding carboxylic acids is 1. The van der Waals surface area contributed by atoms with Gasteiger partial charge in [-0.3, -0.25) is 9.89 Å². The molecule has 0 aliphatic carbocycles. The Balaban J connectivity index is 1.54. The summed E-state index contributed by atoms with van der Waals surface area (Å²) in [7, 11) is 0. The van der Waals surface area contributed by atoms with Crippen molar-refractivity contribution in [3.8, 4) is 11.3 Å². The Hall–Kier alpha value is -3.67. The van der Waals surface area contributed by atoms with Crippen LogP contribution in [0.1, 0.15) is 27.3 Å². The van der Waals surface area contributed by atoms with E-state index < -0.39 is 0 Å². The van der Waals surface area contributed by atoms with Crippen molar-refractivity contribution in [1.29, 1.82) is 0 Å². The van der Waals surface area contributed by atoms with E-state index in [9.17, 15) is 4.79 Å². The Morgan fingerprint density at radius 1 is 1.07 bits per heavy atom. The van der Waals surface area contributed by atoms with Crippen LogP contribution in [-0.4, -0.2) is 27.3 Å². The van der Waals surface area contributed by atoms with Gasteiger partial charge in [0.1, 0.15) is 5.69 Å². The zero-order chi connectivity index (χ0) is 18.8. The van der Waals surface area contributed by atoms with Crippen LogP contribution in [0, 0.1) is 13.8 Å². The van der Waals surface area contributed by atoms with Gasteiger partial charge in [-0.1, -0.05) is 48.5 Å². The Morgan fingerprint density at radius 2 is 1.81 bits per heavy atom. The van der Waals surface area contributed by atoms with E-state index in [2.05, 4.69) is 25.7 Å². The fourth-order valence-corrected chi connectivity index (χ4v) is 3.17. The van der Waals surface area contributed by atoms with Gasteiger partial charge in [-0.25, -0.2) is 5.43 Å². The molecule has 134 valence electrons. The molecule has 0 atom stereocenters. The number of hydrogen-bond donors (Lipinski definition) is 3. The van der Waals surface area contributed by atoms with E-state index in [-0.39, 0.29) is 5.91 Å². The van der Waals surface area contributed by atoms with Crippen LogP contribution >= 0.6 is 0 Å². The molecule has 0 spiro atoms. The fraction of sp³-hybridized carbons (Fsp3) is 0.0952. The molecule has 0 fully saturated rings. The second-order valence-electron chi connectivity index (χ2n) is 6.35. The van der Waals surface area contributed by atoms with E-state index in [0.717, 1.165) is 39.0 Å². The molecule has 0 saturated heterocycles. The third-order valence-corrected chi connectivity index (χ3v) is 4.59. The molecule has 6 heteroatoms. The first-order chi connectivity index (χ1) is 13.1. The Labute approximate surface area is 156 Å². The quantitative estimate of drug-likeness (QED) is 0.382. The maximum Gasteiger partial charge on any atom is 0.289 e. The lowest BCUT2D eigenvalue weighted by Crippen LogP contribution is -2.19. The molecule has 2 aromatic heterocycles. The number of rotatable bonds is 4. The second-order valence-corrected chi connectivity index (χ2v) is 6.35. The number of fused-ring (bicyclic) bond motifs is 1. The van der Waals surface area contributed by atoms with Crippen LogP contribution in [0.15, 0.2) is 59.7 Å². The van der Waals surface area contributed by atoms with Crippen LogP contribution in [0.5, 0.6) is 0 Å². The molecule has 0 radical (unpaired) electrons. The van der Waals surface area contributed by atoms with Crippen molar-refractivity contribution in [3.05, 3.63) is 77.1 Å². The second kappa shape index (κ2) is 6.92. The number of amides is 1. The molecule has 4 rings (SSSR count). The number of hydrogen-bond acceptors (Lipinski definition) is 3. The number of benzene rings is 2. The summed E-state index contributed by atoms with van der Waals surface area (Å²) in [5.74, 6) is -0.323. The van der Waals surface area contributed by atoms with E-state index in [1.54, 1.807) is 6.21 Å². The van der Waals surface area contributed by atoms with Gasteiger partial charge in [0, 0.05) is 33.3 Å². The van der Waals surface area contributed by atoms with Crippen LogP contribution in [0.3, 0.4) is 0 Å². The SMILES string of the molecule is Cc1[nH]c2ccccc2c1C=NNC(=O)c1[nH]nc(-c2ccccc2)c1C. The van der Waals surface area contributed by atoms with Gasteiger partial charge in [-0.05, 0) is 19.9 Å². The van der Waals surface area contributed by atoms with Crippen molar-refractivity contribution in [1.82, 2.24) is 20.6 Å². The first-order valence-electron chi connectivity index (χ1n) is 8.66. The minimum Gasteiger partial charge on any atom is -0.358 e. The minimum atomic E-state index is -0.323. The highest BCUT2D eigenvalue weighted by molar-refractivity contribution is 6.01. The van der Waals surface area contributed by atoms with Crippen LogP contribution in [0.4, 0.5) is 0 Å². The van der Waals surface area contributed by atoms with Gasteiger partial charge in [0.15, 0.2) is 0 Å². The molecule has 3 N–H and O–H groups in total. The van der Waals surface area contributed by atoms with Gasteiger partial charge in [-0.2, -0.15) is 10.2 Å². The maximum absolute atomic E-state index is 12.5. The number of hydrazone groups is 1. The fourth-order valence-electron chi connectivity index (χ4n) is 3.17. The summed E-state index contributed by atoms with van der Waals surface area (Å²) in [6.07, 6.45) is 1.66. The Morgan fingerprint density at radius 3 is 2.63 bits per heavy atom. The van der Waals surface area contributed by atoms with Gasteiger partial charge in [0.2, 0.25) is 0 Å².